The molecule has 3 N–H and O–H groups in total. The van der Waals surface area contributed by atoms with Crippen molar-refractivity contribution in [3.63, 3.8) is 0 Å². The first-order valence-electron chi connectivity index (χ1n) is 7.03. The Kier molecular flexibility index (Phi) is 5.59. The Bertz CT molecular complexity index is 626. The number of nitrogens with zero attached hydrogens (tertiary/aromatic N) is 2. The summed E-state index contributed by atoms with van der Waals surface area (Å²) in [7, 11) is 1.63. The molecule has 2 aromatic rings. The molecule has 0 aliphatic carbocycles. The molecular formula is C16H20N4O2. The first-order valence-corrected chi connectivity index (χ1v) is 7.03. The number of hydrogen-bond acceptors (Lipinski definition) is 4. The number of ether oxygens (including phenoxy) is 2. The van der Waals surface area contributed by atoms with Crippen LogP contribution in [0.25, 0.3) is 0 Å². The maximum absolute atomic E-state index is 5.73. The molecule has 1 aromatic carbocycles. The van der Waals surface area contributed by atoms with E-state index in [9.17, 15) is 0 Å². The highest BCUT2D eigenvalue weighted by atomic mass is 16.5. The summed E-state index contributed by atoms with van der Waals surface area (Å²) in [5.41, 5.74) is 6.60. The van der Waals surface area contributed by atoms with Gasteiger partial charge in [-0.25, -0.2) is 4.98 Å². The number of rotatable bonds is 6. The molecule has 0 amide bonds. The zero-order chi connectivity index (χ0) is 15.8. The van der Waals surface area contributed by atoms with E-state index in [2.05, 4.69) is 15.3 Å². The zero-order valence-electron chi connectivity index (χ0n) is 12.7. The summed E-state index contributed by atoms with van der Waals surface area (Å²) in [5.74, 6) is 2.44. The zero-order valence-corrected chi connectivity index (χ0v) is 12.7. The molecule has 6 heteroatoms. The summed E-state index contributed by atoms with van der Waals surface area (Å²) in [4.78, 5) is 8.04. The van der Waals surface area contributed by atoms with E-state index < -0.39 is 0 Å². The molecule has 0 saturated carbocycles. The van der Waals surface area contributed by atoms with Gasteiger partial charge in [-0.3, -0.25) is 4.99 Å². The second-order valence-electron chi connectivity index (χ2n) is 4.47. The Labute approximate surface area is 130 Å². The van der Waals surface area contributed by atoms with Gasteiger partial charge in [0.1, 0.15) is 11.5 Å². The van der Waals surface area contributed by atoms with Gasteiger partial charge in [0.05, 0.1) is 6.61 Å². The molecule has 0 aliphatic heterocycles. The van der Waals surface area contributed by atoms with Crippen LogP contribution in [-0.2, 0) is 6.54 Å². The van der Waals surface area contributed by atoms with Gasteiger partial charge in [-0.15, -0.1) is 0 Å². The van der Waals surface area contributed by atoms with Crippen LogP contribution in [0.1, 0.15) is 12.5 Å². The molecule has 0 spiro atoms. The van der Waals surface area contributed by atoms with Crippen molar-refractivity contribution in [3.8, 4) is 17.4 Å². The van der Waals surface area contributed by atoms with Crippen LogP contribution >= 0.6 is 0 Å². The highest BCUT2D eigenvalue weighted by Gasteiger charge is 2.02. The van der Waals surface area contributed by atoms with Crippen LogP contribution in [0, 0.1) is 0 Å². The smallest absolute Gasteiger partial charge is 0.219 e. The van der Waals surface area contributed by atoms with E-state index >= 15 is 0 Å². The molecule has 2 rings (SSSR count). The molecular weight excluding hydrogens is 280 g/mol. The molecule has 0 aliphatic rings. The first kappa shape index (κ1) is 15.6. The molecule has 0 unspecified atom stereocenters. The number of nitrogens with two attached hydrogens (primary N) is 1. The van der Waals surface area contributed by atoms with Gasteiger partial charge < -0.3 is 20.5 Å². The summed E-state index contributed by atoms with van der Waals surface area (Å²) in [6, 6.07) is 11.2. The fourth-order valence-corrected chi connectivity index (χ4v) is 1.78. The average Bonchev–Trinajstić information content (AvgIpc) is 2.55. The van der Waals surface area contributed by atoms with Gasteiger partial charge in [-0.05, 0) is 42.8 Å². The topological polar surface area (TPSA) is 81.8 Å². The molecule has 1 aromatic heterocycles. The summed E-state index contributed by atoms with van der Waals surface area (Å²) in [5, 5.41) is 2.99. The maximum Gasteiger partial charge on any atom is 0.219 e. The van der Waals surface area contributed by atoms with E-state index in [1.165, 1.54) is 0 Å². The fraction of sp³-hybridized carbons (Fsp3) is 0.250. The van der Waals surface area contributed by atoms with Gasteiger partial charge in [0.25, 0.3) is 0 Å². The highest BCUT2D eigenvalue weighted by molar-refractivity contribution is 5.77. The van der Waals surface area contributed by atoms with Gasteiger partial charge in [0, 0.05) is 25.9 Å². The van der Waals surface area contributed by atoms with Crippen LogP contribution in [0.15, 0.2) is 47.6 Å². The summed E-state index contributed by atoms with van der Waals surface area (Å²) in [6.07, 6.45) is 1.69. The summed E-state index contributed by atoms with van der Waals surface area (Å²) >= 11 is 0. The molecule has 6 nitrogen and oxygen atoms in total. The Morgan fingerprint density at radius 2 is 1.95 bits per heavy atom. The molecule has 0 atom stereocenters. The lowest BCUT2D eigenvalue weighted by atomic mass is 10.2. The van der Waals surface area contributed by atoms with Gasteiger partial charge in [0.2, 0.25) is 5.88 Å². The van der Waals surface area contributed by atoms with E-state index in [0.717, 1.165) is 11.3 Å². The van der Waals surface area contributed by atoms with Gasteiger partial charge in [-0.1, -0.05) is 0 Å². The molecule has 22 heavy (non-hydrogen) atoms. The van der Waals surface area contributed by atoms with Crippen molar-refractivity contribution in [3.05, 3.63) is 48.2 Å². The van der Waals surface area contributed by atoms with Gasteiger partial charge >= 0.3 is 0 Å². The molecule has 0 fully saturated rings. The van der Waals surface area contributed by atoms with Crippen molar-refractivity contribution in [2.45, 2.75) is 13.5 Å². The lowest BCUT2D eigenvalue weighted by molar-refractivity contribution is 0.339. The number of pyridine rings is 1. The number of hydrogen-bond donors (Lipinski definition) is 2. The molecule has 0 saturated heterocycles. The minimum Gasteiger partial charge on any atom is -0.494 e. The summed E-state index contributed by atoms with van der Waals surface area (Å²) < 4.78 is 11.1. The van der Waals surface area contributed by atoms with Crippen molar-refractivity contribution in [1.82, 2.24) is 10.3 Å². The highest BCUT2D eigenvalue weighted by Crippen LogP contribution is 2.22. The van der Waals surface area contributed by atoms with Crippen LogP contribution in [0.3, 0.4) is 0 Å². The second-order valence-corrected chi connectivity index (χ2v) is 4.47. The first-order chi connectivity index (χ1) is 10.7. The van der Waals surface area contributed by atoms with Crippen LogP contribution < -0.4 is 20.5 Å². The predicted molar refractivity (Wildman–Crippen MR) is 86.3 cm³/mol. The van der Waals surface area contributed by atoms with Crippen molar-refractivity contribution >= 4 is 5.96 Å². The largest absolute Gasteiger partial charge is 0.494 e. The standard InChI is InChI=1S/C16H20N4O2/c1-3-21-13-4-6-14(7-5-13)22-15-10-12(8-9-19-15)11-20-16(17)18-2/h4-10H,3,11H2,1-2H3,(H3,17,18,20). The number of guanidine groups is 1. The Morgan fingerprint density at radius 3 is 2.64 bits per heavy atom. The third kappa shape index (κ3) is 4.66. The third-order valence-corrected chi connectivity index (χ3v) is 2.87. The van der Waals surface area contributed by atoms with Crippen molar-refractivity contribution in [2.75, 3.05) is 13.7 Å². The van der Waals surface area contributed by atoms with Crippen molar-refractivity contribution < 1.29 is 9.47 Å². The van der Waals surface area contributed by atoms with Crippen LogP contribution in [0.4, 0.5) is 0 Å². The monoisotopic (exact) mass is 300 g/mol. The van der Waals surface area contributed by atoms with Crippen LogP contribution in [0.2, 0.25) is 0 Å². The second kappa shape index (κ2) is 7.87. The Hall–Kier alpha value is -2.76. The van der Waals surface area contributed by atoms with E-state index in [-0.39, 0.29) is 0 Å². The molecule has 0 bridgehead atoms. The molecule has 116 valence electrons. The number of aliphatic imine (C=N–C) groups is 1. The summed E-state index contributed by atoms with van der Waals surface area (Å²) in [6.45, 7) is 3.15. The quantitative estimate of drug-likeness (QED) is 0.632. The SMILES string of the molecule is CCOc1ccc(Oc2cc(CNC(N)=NC)ccn2)cc1. The van der Waals surface area contributed by atoms with Gasteiger partial charge in [-0.2, -0.15) is 0 Å². The molecule has 0 radical (unpaired) electrons. The van der Waals surface area contributed by atoms with Gasteiger partial charge in [0.15, 0.2) is 5.96 Å². The van der Waals surface area contributed by atoms with E-state index in [4.69, 9.17) is 15.2 Å². The van der Waals surface area contributed by atoms with E-state index in [0.29, 0.717) is 30.7 Å². The minimum atomic E-state index is 0.394. The lowest BCUT2D eigenvalue weighted by Crippen LogP contribution is -2.30. The van der Waals surface area contributed by atoms with Crippen molar-refractivity contribution in [2.24, 2.45) is 10.7 Å². The van der Waals surface area contributed by atoms with Crippen molar-refractivity contribution in [1.29, 1.82) is 0 Å². The number of nitrogens with one attached hydrogen (secondary N) is 1. The fourth-order valence-electron chi connectivity index (χ4n) is 1.78. The predicted octanol–water partition coefficient (Wildman–Crippen LogP) is 2.31. The maximum atomic E-state index is 5.73. The van der Waals surface area contributed by atoms with E-state index in [1.807, 2.05) is 43.3 Å². The van der Waals surface area contributed by atoms with Crippen LogP contribution in [0.5, 0.6) is 17.4 Å². The van der Waals surface area contributed by atoms with Crippen LogP contribution in [-0.4, -0.2) is 24.6 Å². The minimum absolute atomic E-state index is 0.394. The Balaban J connectivity index is 2.00. The third-order valence-electron chi connectivity index (χ3n) is 2.87. The average molecular weight is 300 g/mol. The normalized spacial score (nSPS) is 11.1. The van der Waals surface area contributed by atoms with E-state index in [1.54, 1.807) is 13.2 Å². The molecule has 1 heterocycles. The lowest BCUT2D eigenvalue weighted by Gasteiger charge is -2.09. The number of benzene rings is 1. The number of aromatic nitrogens is 1. The Morgan fingerprint density at radius 1 is 1.23 bits per heavy atom.